The second-order valence-corrected chi connectivity index (χ2v) is 7.93. The number of carbonyl (C=O) groups excluding carboxylic acids is 1. The smallest absolute Gasteiger partial charge is 0.269 e. The Morgan fingerprint density at radius 1 is 1.06 bits per heavy atom. The van der Waals surface area contributed by atoms with Crippen LogP contribution in [0.3, 0.4) is 0 Å². The molecule has 0 aliphatic heterocycles. The molecule has 7 heteroatoms. The van der Waals surface area contributed by atoms with Crippen molar-refractivity contribution in [2.75, 3.05) is 5.32 Å². The number of nitrogens with zero attached hydrogens (tertiary/aromatic N) is 3. The van der Waals surface area contributed by atoms with E-state index in [1.54, 1.807) is 30.5 Å². The number of aromatic nitrogens is 2. The zero-order valence-electron chi connectivity index (χ0n) is 19.0. The number of rotatable bonds is 5. The van der Waals surface area contributed by atoms with Crippen molar-refractivity contribution in [2.45, 2.75) is 20.8 Å². The molecule has 0 bridgehead atoms. The van der Waals surface area contributed by atoms with E-state index in [2.05, 4.69) is 10.3 Å². The highest BCUT2D eigenvalue weighted by Crippen LogP contribution is 2.25. The van der Waals surface area contributed by atoms with Gasteiger partial charge >= 0.3 is 0 Å². The van der Waals surface area contributed by atoms with Gasteiger partial charge < -0.3 is 10.1 Å². The third kappa shape index (κ3) is 4.71. The lowest BCUT2D eigenvalue weighted by Crippen LogP contribution is -2.20. The van der Waals surface area contributed by atoms with E-state index in [0.717, 1.165) is 16.7 Å². The van der Waals surface area contributed by atoms with Gasteiger partial charge in [-0.2, -0.15) is 10.2 Å². The van der Waals surface area contributed by atoms with Gasteiger partial charge in [-0.15, -0.1) is 0 Å². The van der Waals surface area contributed by atoms with Crippen LogP contribution in [0.15, 0.2) is 77.2 Å². The van der Waals surface area contributed by atoms with Crippen molar-refractivity contribution < 1.29 is 9.53 Å². The number of hydrogen-bond acceptors (Lipinski definition) is 5. The highest BCUT2D eigenvalue weighted by atomic mass is 16.5. The zero-order valence-corrected chi connectivity index (χ0v) is 19.0. The fourth-order valence-electron chi connectivity index (χ4n) is 3.41. The van der Waals surface area contributed by atoms with Gasteiger partial charge in [0.2, 0.25) is 5.88 Å². The molecule has 4 rings (SSSR count). The zero-order chi connectivity index (χ0) is 24.2. The van der Waals surface area contributed by atoms with Crippen molar-refractivity contribution in [3.05, 3.63) is 105 Å². The summed E-state index contributed by atoms with van der Waals surface area (Å²) in [5.74, 6) is -0.135. The van der Waals surface area contributed by atoms with Gasteiger partial charge in [-0.25, -0.2) is 0 Å². The molecule has 1 N–H and O–H groups in total. The number of fused-ring (bicyclic) bond motifs is 1. The van der Waals surface area contributed by atoms with Crippen LogP contribution in [0.1, 0.15) is 22.3 Å². The van der Waals surface area contributed by atoms with Gasteiger partial charge in [0.15, 0.2) is 0 Å². The van der Waals surface area contributed by atoms with Crippen molar-refractivity contribution in [2.24, 2.45) is 0 Å². The Hall–Kier alpha value is -4.70. The molecule has 2 aromatic carbocycles. The van der Waals surface area contributed by atoms with E-state index in [1.165, 1.54) is 10.5 Å². The number of anilines is 1. The normalized spacial score (nSPS) is 11.2. The van der Waals surface area contributed by atoms with Crippen molar-refractivity contribution in [1.82, 2.24) is 9.38 Å². The SMILES string of the molecule is Cc1ccc(NC(=O)/C(C#N)=C/c2c(Oc3cccc(C)c3)nc3c(C)cccn3c2=O)cc1. The lowest BCUT2D eigenvalue weighted by atomic mass is 10.1. The van der Waals surface area contributed by atoms with E-state index >= 15 is 0 Å². The molecule has 7 nitrogen and oxygen atoms in total. The first-order chi connectivity index (χ1) is 16.4. The molecule has 0 radical (unpaired) electrons. The molecule has 0 unspecified atom stereocenters. The minimum absolute atomic E-state index is 0.000197. The number of amides is 1. The van der Waals surface area contributed by atoms with Gasteiger partial charge in [0.25, 0.3) is 11.5 Å². The molecule has 168 valence electrons. The number of benzene rings is 2. The molecule has 1 amide bonds. The van der Waals surface area contributed by atoms with Crippen LogP contribution in [0.4, 0.5) is 5.69 Å². The number of pyridine rings is 1. The second kappa shape index (κ2) is 9.43. The molecule has 0 fully saturated rings. The maximum atomic E-state index is 13.4. The largest absolute Gasteiger partial charge is 0.438 e. The monoisotopic (exact) mass is 450 g/mol. The third-order valence-corrected chi connectivity index (χ3v) is 5.22. The van der Waals surface area contributed by atoms with E-state index in [9.17, 15) is 14.9 Å². The molecule has 0 aliphatic rings. The van der Waals surface area contributed by atoms with Crippen LogP contribution in [0.5, 0.6) is 11.6 Å². The third-order valence-electron chi connectivity index (χ3n) is 5.22. The Morgan fingerprint density at radius 3 is 2.53 bits per heavy atom. The standard InChI is InChI=1S/C27H22N4O3/c1-17-9-11-21(12-10-17)29-25(32)20(16-28)15-23-26(34-22-8-4-6-18(2)14-22)30-24-19(3)7-5-13-31(24)27(23)33/h4-15H,1-3H3,(H,29,32)/b20-15+. The molecule has 0 saturated carbocycles. The van der Waals surface area contributed by atoms with E-state index in [0.29, 0.717) is 17.1 Å². The second-order valence-electron chi connectivity index (χ2n) is 7.93. The topological polar surface area (TPSA) is 96.5 Å². The molecule has 0 saturated heterocycles. The number of carbonyl (C=O) groups is 1. The van der Waals surface area contributed by atoms with Gasteiger partial charge in [0.1, 0.15) is 28.6 Å². The average molecular weight is 450 g/mol. The summed E-state index contributed by atoms with van der Waals surface area (Å²) < 4.78 is 7.35. The van der Waals surface area contributed by atoms with Crippen LogP contribution in [-0.2, 0) is 4.79 Å². The predicted octanol–water partition coefficient (Wildman–Crippen LogP) is 4.96. The fraction of sp³-hybridized carbons (Fsp3) is 0.111. The summed E-state index contributed by atoms with van der Waals surface area (Å²) in [7, 11) is 0. The number of nitrogens with one attached hydrogen (secondary N) is 1. The quantitative estimate of drug-likeness (QED) is 0.342. The van der Waals surface area contributed by atoms with Crippen LogP contribution < -0.4 is 15.6 Å². The van der Waals surface area contributed by atoms with Crippen LogP contribution in [0.25, 0.3) is 11.7 Å². The van der Waals surface area contributed by atoms with Gasteiger partial charge in [0.05, 0.1) is 0 Å². The first-order valence-corrected chi connectivity index (χ1v) is 10.6. The lowest BCUT2D eigenvalue weighted by Gasteiger charge is -2.12. The Labute approximate surface area is 196 Å². The maximum Gasteiger partial charge on any atom is 0.269 e. The predicted molar refractivity (Wildman–Crippen MR) is 131 cm³/mol. The van der Waals surface area contributed by atoms with E-state index in [1.807, 2.05) is 63.2 Å². The molecule has 34 heavy (non-hydrogen) atoms. The number of hydrogen-bond donors (Lipinski definition) is 1. The summed E-state index contributed by atoms with van der Waals surface area (Å²) in [6.07, 6.45) is 2.81. The van der Waals surface area contributed by atoms with Crippen molar-refractivity contribution in [1.29, 1.82) is 5.26 Å². The first kappa shape index (κ1) is 22.5. The minimum Gasteiger partial charge on any atom is -0.438 e. The Balaban J connectivity index is 1.83. The van der Waals surface area contributed by atoms with Crippen molar-refractivity contribution >= 4 is 23.3 Å². The Bertz CT molecular complexity index is 1530. The molecule has 2 aromatic heterocycles. The van der Waals surface area contributed by atoms with Crippen LogP contribution in [-0.4, -0.2) is 15.3 Å². The summed E-state index contributed by atoms with van der Waals surface area (Å²) in [5, 5.41) is 12.4. The fourth-order valence-corrected chi connectivity index (χ4v) is 3.41. The summed E-state index contributed by atoms with van der Waals surface area (Å²) in [6, 6.07) is 19.9. The first-order valence-electron chi connectivity index (χ1n) is 10.6. The average Bonchev–Trinajstić information content (AvgIpc) is 2.81. The number of nitriles is 1. The van der Waals surface area contributed by atoms with Gasteiger partial charge in [-0.3, -0.25) is 14.0 Å². The van der Waals surface area contributed by atoms with Crippen LogP contribution in [0.2, 0.25) is 0 Å². The van der Waals surface area contributed by atoms with Gasteiger partial charge in [-0.05, 0) is 68.3 Å². The van der Waals surface area contributed by atoms with E-state index in [-0.39, 0.29) is 17.0 Å². The maximum absolute atomic E-state index is 13.4. The van der Waals surface area contributed by atoms with E-state index < -0.39 is 11.5 Å². The molecule has 0 atom stereocenters. The van der Waals surface area contributed by atoms with Gasteiger partial charge in [0, 0.05) is 11.9 Å². The minimum atomic E-state index is -0.637. The molecular weight excluding hydrogens is 428 g/mol. The molecule has 0 spiro atoms. The van der Waals surface area contributed by atoms with Gasteiger partial charge in [-0.1, -0.05) is 35.9 Å². The molecule has 2 heterocycles. The van der Waals surface area contributed by atoms with Crippen LogP contribution >= 0.6 is 0 Å². The van der Waals surface area contributed by atoms with Crippen LogP contribution in [0, 0.1) is 32.1 Å². The van der Waals surface area contributed by atoms with E-state index in [4.69, 9.17) is 4.74 Å². The molecule has 0 aliphatic carbocycles. The highest BCUT2D eigenvalue weighted by molar-refractivity contribution is 6.09. The summed E-state index contributed by atoms with van der Waals surface area (Å²) in [4.78, 5) is 30.7. The Morgan fingerprint density at radius 2 is 1.82 bits per heavy atom. The summed E-state index contributed by atoms with van der Waals surface area (Å²) >= 11 is 0. The molecular formula is C27H22N4O3. The number of aryl methyl sites for hydroxylation is 3. The molecule has 4 aromatic rings. The summed E-state index contributed by atoms with van der Waals surface area (Å²) in [6.45, 7) is 5.69. The number of ether oxygens (including phenoxy) is 1. The highest BCUT2D eigenvalue weighted by Gasteiger charge is 2.18. The summed E-state index contributed by atoms with van der Waals surface area (Å²) in [5.41, 5.74) is 3.05. The Kier molecular flexibility index (Phi) is 6.24. The van der Waals surface area contributed by atoms with Crippen molar-refractivity contribution in [3.8, 4) is 17.7 Å². The lowest BCUT2D eigenvalue weighted by molar-refractivity contribution is -0.112. The van der Waals surface area contributed by atoms with Crippen molar-refractivity contribution in [3.63, 3.8) is 0 Å².